The van der Waals surface area contributed by atoms with Crippen molar-refractivity contribution in [3.05, 3.63) is 26.6 Å². The fraction of sp³-hybridized carbons (Fsp3) is 0.600. The fourth-order valence-corrected chi connectivity index (χ4v) is 3.48. The molecule has 0 aliphatic carbocycles. The van der Waals surface area contributed by atoms with Crippen LogP contribution < -0.4 is 10.1 Å². The van der Waals surface area contributed by atoms with Gasteiger partial charge in [0.25, 0.3) is 0 Å². The quantitative estimate of drug-likeness (QED) is 0.625. The van der Waals surface area contributed by atoms with E-state index in [2.05, 4.69) is 62.0 Å². The first-order chi connectivity index (χ1) is 9.62. The summed E-state index contributed by atoms with van der Waals surface area (Å²) < 4.78 is 7.78. The highest BCUT2D eigenvalue weighted by atomic mass is 79.9. The molecule has 0 radical (unpaired) electrons. The molecule has 0 heterocycles. The topological polar surface area (TPSA) is 24.5 Å². The van der Waals surface area contributed by atoms with Gasteiger partial charge in [-0.15, -0.1) is 0 Å². The average Bonchev–Trinajstić information content (AvgIpc) is 2.42. The number of rotatable bonds is 9. The monoisotopic (exact) mass is 406 g/mol. The molecule has 1 aromatic carbocycles. The second-order valence-electron chi connectivity index (χ2n) is 4.51. The Morgan fingerprint density at radius 3 is 2.45 bits per heavy atom. The molecule has 1 aromatic rings. The molecule has 0 fully saturated rings. The minimum Gasteiger partial charge on any atom is -0.492 e. The van der Waals surface area contributed by atoms with Crippen LogP contribution in [-0.4, -0.2) is 37.7 Å². The third-order valence-electron chi connectivity index (χ3n) is 3.19. The summed E-state index contributed by atoms with van der Waals surface area (Å²) in [5.41, 5.74) is 1.17. The maximum absolute atomic E-state index is 5.73. The van der Waals surface area contributed by atoms with Crippen molar-refractivity contribution in [2.24, 2.45) is 0 Å². The zero-order chi connectivity index (χ0) is 15.0. The average molecular weight is 408 g/mol. The van der Waals surface area contributed by atoms with E-state index in [0.29, 0.717) is 6.61 Å². The van der Waals surface area contributed by atoms with Crippen molar-refractivity contribution in [3.8, 4) is 5.75 Å². The molecule has 114 valence electrons. The van der Waals surface area contributed by atoms with Gasteiger partial charge in [-0.2, -0.15) is 0 Å². The van der Waals surface area contributed by atoms with Crippen LogP contribution in [0.4, 0.5) is 0 Å². The van der Waals surface area contributed by atoms with Gasteiger partial charge >= 0.3 is 0 Å². The van der Waals surface area contributed by atoms with Gasteiger partial charge in [-0.05, 0) is 48.1 Å². The molecule has 0 aromatic heterocycles. The van der Waals surface area contributed by atoms with E-state index < -0.39 is 0 Å². The minimum absolute atomic E-state index is 0.673. The van der Waals surface area contributed by atoms with Crippen molar-refractivity contribution in [2.75, 3.05) is 32.8 Å². The third kappa shape index (κ3) is 5.72. The summed E-state index contributed by atoms with van der Waals surface area (Å²) in [5, 5.41) is 3.49. The summed E-state index contributed by atoms with van der Waals surface area (Å²) >= 11 is 7.09. The van der Waals surface area contributed by atoms with Crippen LogP contribution >= 0.6 is 31.9 Å². The Labute approximate surface area is 139 Å². The fourth-order valence-electron chi connectivity index (χ4n) is 2.05. The second-order valence-corrected chi connectivity index (χ2v) is 6.28. The molecule has 0 spiro atoms. The van der Waals surface area contributed by atoms with Crippen LogP contribution in [0, 0.1) is 0 Å². The molecule has 0 saturated carbocycles. The number of hydrogen-bond acceptors (Lipinski definition) is 3. The number of ether oxygens (including phenoxy) is 1. The van der Waals surface area contributed by atoms with Crippen molar-refractivity contribution in [1.82, 2.24) is 10.2 Å². The molecule has 1 rings (SSSR count). The standard InChI is InChI=1S/C15H24Br2N2O/c1-4-19(5-2)8-7-18-11-12-9-13(16)10-14(17)15(12)20-6-3/h9-10,18H,4-8,11H2,1-3H3. The van der Waals surface area contributed by atoms with E-state index in [0.717, 1.165) is 47.4 Å². The first kappa shape index (κ1) is 18.0. The van der Waals surface area contributed by atoms with Gasteiger partial charge in [0.05, 0.1) is 11.1 Å². The van der Waals surface area contributed by atoms with Gasteiger partial charge < -0.3 is 15.0 Å². The van der Waals surface area contributed by atoms with Crippen LogP contribution in [0.3, 0.4) is 0 Å². The lowest BCUT2D eigenvalue weighted by Gasteiger charge is -2.19. The first-order valence-electron chi connectivity index (χ1n) is 7.16. The Morgan fingerprint density at radius 1 is 1.15 bits per heavy atom. The summed E-state index contributed by atoms with van der Waals surface area (Å²) in [4.78, 5) is 2.41. The third-order valence-corrected chi connectivity index (χ3v) is 4.24. The maximum atomic E-state index is 5.73. The van der Waals surface area contributed by atoms with Gasteiger partial charge in [-0.25, -0.2) is 0 Å². The summed E-state index contributed by atoms with van der Waals surface area (Å²) in [6.07, 6.45) is 0. The van der Waals surface area contributed by atoms with Crippen LogP contribution in [0.15, 0.2) is 21.1 Å². The van der Waals surface area contributed by atoms with Crippen molar-refractivity contribution < 1.29 is 4.74 Å². The lowest BCUT2D eigenvalue weighted by atomic mass is 10.2. The number of nitrogens with zero attached hydrogens (tertiary/aromatic N) is 1. The highest BCUT2D eigenvalue weighted by molar-refractivity contribution is 9.11. The lowest BCUT2D eigenvalue weighted by Crippen LogP contribution is -2.31. The summed E-state index contributed by atoms with van der Waals surface area (Å²) in [7, 11) is 0. The number of hydrogen-bond donors (Lipinski definition) is 1. The number of likely N-dealkylation sites (N-methyl/N-ethyl adjacent to an activating group) is 1. The van der Waals surface area contributed by atoms with Crippen molar-refractivity contribution >= 4 is 31.9 Å². The number of halogens is 2. The van der Waals surface area contributed by atoms with Crippen LogP contribution in [0.5, 0.6) is 5.75 Å². The Hall–Kier alpha value is -0.100. The van der Waals surface area contributed by atoms with Gasteiger partial charge in [0.15, 0.2) is 0 Å². The Morgan fingerprint density at radius 2 is 1.85 bits per heavy atom. The van der Waals surface area contributed by atoms with E-state index in [4.69, 9.17) is 4.74 Å². The first-order valence-corrected chi connectivity index (χ1v) is 8.74. The number of benzene rings is 1. The normalized spacial score (nSPS) is 11.1. The molecule has 20 heavy (non-hydrogen) atoms. The molecule has 0 amide bonds. The molecule has 1 N–H and O–H groups in total. The molecule has 0 saturated heterocycles. The Bertz CT molecular complexity index is 409. The second kappa shape index (κ2) is 9.77. The van der Waals surface area contributed by atoms with Gasteiger partial charge in [-0.1, -0.05) is 29.8 Å². The van der Waals surface area contributed by atoms with Crippen molar-refractivity contribution in [3.63, 3.8) is 0 Å². The van der Waals surface area contributed by atoms with Gasteiger partial charge in [0.1, 0.15) is 5.75 Å². The molecule has 0 aliphatic rings. The largest absolute Gasteiger partial charge is 0.492 e. The molecular formula is C15H24Br2N2O. The van der Waals surface area contributed by atoms with Gasteiger partial charge in [0, 0.05) is 29.7 Å². The molecule has 0 bridgehead atoms. The predicted molar refractivity (Wildman–Crippen MR) is 92.5 cm³/mol. The van der Waals surface area contributed by atoms with E-state index in [-0.39, 0.29) is 0 Å². The summed E-state index contributed by atoms with van der Waals surface area (Å²) in [6.45, 7) is 12.1. The minimum atomic E-state index is 0.673. The maximum Gasteiger partial charge on any atom is 0.138 e. The van der Waals surface area contributed by atoms with Crippen molar-refractivity contribution in [1.29, 1.82) is 0 Å². The highest BCUT2D eigenvalue weighted by Crippen LogP contribution is 2.32. The van der Waals surface area contributed by atoms with E-state index in [1.54, 1.807) is 0 Å². The van der Waals surface area contributed by atoms with E-state index in [1.807, 2.05) is 13.0 Å². The summed E-state index contributed by atoms with van der Waals surface area (Å²) in [5.74, 6) is 0.936. The highest BCUT2D eigenvalue weighted by Gasteiger charge is 2.09. The molecule has 0 atom stereocenters. The number of nitrogens with one attached hydrogen (secondary N) is 1. The van der Waals surface area contributed by atoms with Crippen LogP contribution in [0.2, 0.25) is 0 Å². The molecular weight excluding hydrogens is 384 g/mol. The molecule has 5 heteroatoms. The lowest BCUT2D eigenvalue weighted by molar-refractivity contribution is 0.301. The smallest absolute Gasteiger partial charge is 0.138 e. The SMILES string of the molecule is CCOc1c(Br)cc(Br)cc1CNCCN(CC)CC. The Kier molecular flexibility index (Phi) is 8.77. The zero-order valence-electron chi connectivity index (χ0n) is 12.5. The van der Waals surface area contributed by atoms with Crippen LogP contribution in [-0.2, 0) is 6.54 Å². The van der Waals surface area contributed by atoms with Crippen LogP contribution in [0.25, 0.3) is 0 Å². The van der Waals surface area contributed by atoms with E-state index >= 15 is 0 Å². The molecule has 3 nitrogen and oxygen atoms in total. The zero-order valence-corrected chi connectivity index (χ0v) is 15.7. The predicted octanol–water partition coefficient (Wildman–Crippen LogP) is 4.04. The van der Waals surface area contributed by atoms with E-state index in [9.17, 15) is 0 Å². The molecule has 0 aliphatic heterocycles. The van der Waals surface area contributed by atoms with Crippen molar-refractivity contribution in [2.45, 2.75) is 27.3 Å². The van der Waals surface area contributed by atoms with Gasteiger partial charge in [-0.3, -0.25) is 0 Å². The molecule has 0 unspecified atom stereocenters. The Balaban J connectivity index is 2.58. The van der Waals surface area contributed by atoms with Gasteiger partial charge in [0.2, 0.25) is 0 Å². The van der Waals surface area contributed by atoms with E-state index in [1.165, 1.54) is 5.56 Å². The van der Waals surface area contributed by atoms with Crippen LogP contribution in [0.1, 0.15) is 26.3 Å². The summed E-state index contributed by atoms with van der Waals surface area (Å²) in [6, 6.07) is 4.13.